The van der Waals surface area contributed by atoms with E-state index in [1.54, 1.807) is 12.1 Å². The number of alkyl halides is 1. The monoisotopic (exact) mass is 341 g/mol. The molecular weight excluding hydrogens is 318 g/mol. The first-order valence-electron chi connectivity index (χ1n) is 6.95. The molecule has 1 N–H and O–H groups in total. The summed E-state index contributed by atoms with van der Waals surface area (Å²) in [6.07, 6.45) is 1.16. The Bertz CT molecular complexity index is 427. The van der Waals surface area contributed by atoms with Crippen molar-refractivity contribution >= 4 is 21.8 Å². The van der Waals surface area contributed by atoms with Gasteiger partial charge in [0, 0.05) is 17.4 Å². The van der Waals surface area contributed by atoms with Crippen LogP contribution in [0.1, 0.15) is 44.5 Å². The molecule has 1 rings (SSSR count). The highest BCUT2D eigenvalue weighted by atomic mass is 79.9. The number of benzene rings is 1. The summed E-state index contributed by atoms with van der Waals surface area (Å²) in [6.45, 7) is 8.92. The molecule has 1 aromatic rings. The lowest BCUT2D eigenvalue weighted by atomic mass is 9.90. The molecule has 4 heteroatoms. The van der Waals surface area contributed by atoms with Gasteiger partial charge < -0.3 is 10.1 Å². The number of rotatable bonds is 7. The Labute approximate surface area is 130 Å². The van der Waals surface area contributed by atoms with Crippen molar-refractivity contribution in [3.05, 3.63) is 29.8 Å². The van der Waals surface area contributed by atoms with Gasteiger partial charge in [-0.05, 0) is 49.9 Å². The van der Waals surface area contributed by atoms with Gasteiger partial charge in [-0.3, -0.25) is 4.79 Å². The van der Waals surface area contributed by atoms with Crippen LogP contribution in [0.5, 0.6) is 5.75 Å². The average molecular weight is 342 g/mol. The van der Waals surface area contributed by atoms with Crippen molar-refractivity contribution in [1.29, 1.82) is 0 Å². The lowest BCUT2D eigenvalue weighted by Crippen LogP contribution is -2.34. The predicted molar refractivity (Wildman–Crippen MR) is 86.7 cm³/mol. The predicted octanol–water partition coefficient (Wildman–Crippen LogP) is 4.01. The first-order chi connectivity index (χ1) is 9.34. The Morgan fingerprint density at radius 3 is 2.40 bits per heavy atom. The van der Waals surface area contributed by atoms with Crippen LogP contribution in [-0.2, 0) is 0 Å². The second-order valence-corrected chi connectivity index (χ2v) is 6.77. The summed E-state index contributed by atoms with van der Waals surface area (Å²) in [5.41, 5.74) is 0.760. The van der Waals surface area contributed by atoms with Crippen LogP contribution in [0.3, 0.4) is 0 Å². The fourth-order valence-electron chi connectivity index (χ4n) is 1.72. The van der Waals surface area contributed by atoms with Gasteiger partial charge in [0.15, 0.2) is 0 Å². The molecule has 0 radical (unpaired) electrons. The van der Waals surface area contributed by atoms with E-state index in [1.165, 1.54) is 0 Å². The summed E-state index contributed by atoms with van der Waals surface area (Å²) in [6, 6.07) is 7.26. The van der Waals surface area contributed by atoms with Crippen molar-refractivity contribution < 1.29 is 9.53 Å². The first kappa shape index (κ1) is 17.0. The Balaban J connectivity index is 2.55. The number of nitrogens with one attached hydrogen (secondary N) is 1. The molecule has 0 saturated carbocycles. The Morgan fingerprint density at radius 1 is 1.30 bits per heavy atom. The molecule has 0 fully saturated rings. The highest BCUT2D eigenvalue weighted by molar-refractivity contribution is 9.09. The molecule has 1 aromatic carbocycles. The minimum absolute atomic E-state index is 0.0382. The molecule has 0 bridgehead atoms. The summed E-state index contributed by atoms with van der Waals surface area (Å²) in [5.74, 6) is 0.750. The highest BCUT2D eigenvalue weighted by Gasteiger charge is 2.18. The molecule has 0 aliphatic carbocycles. The quantitative estimate of drug-likeness (QED) is 0.760. The average Bonchev–Trinajstić information content (AvgIpc) is 2.36. The van der Waals surface area contributed by atoms with Gasteiger partial charge in [0.05, 0.1) is 6.10 Å². The maximum atomic E-state index is 12.1. The van der Waals surface area contributed by atoms with E-state index in [0.29, 0.717) is 12.1 Å². The molecule has 3 nitrogen and oxygen atoms in total. The second-order valence-electron chi connectivity index (χ2n) is 5.98. The molecule has 0 spiro atoms. The SMILES string of the molecule is CC(C)Oc1ccc(C(=O)NCC(C)(C)CCBr)cc1. The van der Waals surface area contributed by atoms with E-state index >= 15 is 0 Å². The van der Waals surface area contributed by atoms with Gasteiger partial charge in [-0.25, -0.2) is 0 Å². The molecular formula is C16H24BrNO2. The van der Waals surface area contributed by atoms with Crippen molar-refractivity contribution in [2.45, 2.75) is 40.2 Å². The Hall–Kier alpha value is -1.03. The van der Waals surface area contributed by atoms with Crippen LogP contribution < -0.4 is 10.1 Å². The molecule has 112 valence electrons. The summed E-state index contributed by atoms with van der Waals surface area (Å²) in [5, 5.41) is 3.93. The standard InChI is InChI=1S/C16H24BrNO2/c1-12(2)20-14-7-5-13(6-8-14)15(19)18-11-16(3,4)9-10-17/h5-8,12H,9-11H2,1-4H3,(H,18,19). The largest absolute Gasteiger partial charge is 0.491 e. The van der Waals surface area contributed by atoms with Crippen LogP contribution in [0.15, 0.2) is 24.3 Å². The number of hydrogen-bond donors (Lipinski definition) is 1. The van der Waals surface area contributed by atoms with E-state index in [-0.39, 0.29) is 17.4 Å². The fourth-order valence-corrected chi connectivity index (χ4v) is 2.80. The minimum atomic E-state index is -0.0382. The van der Waals surface area contributed by atoms with Gasteiger partial charge in [0.2, 0.25) is 0 Å². The molecule has 0 unspecified atom stereocenters. The van der Waals surface area contributed by atoms with Crippen LogP contribution in [0, 0.1) is 5.41 Å². The van der Waals surface area contributed by atoms with Crippen LogP contribution in [-0.4, -0.2) is 23.9 Å². The van der Waals surface area contributed by atoms with Crippen molar-refractivity contribution in [3.8, 4) is 5.75 Å². The normalized spacial score (nSPS) is 11.5. The van der Waals surface area contributed by atoms with Crippen LogP contribution in [0.4, 0.5) is 0 Å². The summed E-state index contributed by atoms with van der Waals surface area (Å²) >= 11 is 3.44. The molecule has 0 aliphatic heterocycles. The smallest absolute Gasteiger partial charge is 0.251 e. The van der Waals surface area contributed by atoms with Crippen LogP contribution >= 0.6 is 15.9 Å². The third-order valence-electron chi connectivity index (χ3n) is 2.99. The van der Waals surface area contributed by atoms with Crippen molar-refractivity contribution in [1.82, 2.24) is 5.32 Å². The maximum absolute atomic E-state index is 12.1. The number of ether oxygens (including phenoxy) is 1. The molecule has 0 aliphatic rings. The molecule has 20 heavy (non-hydrogen) atoms. The fraction of sp³-hybridized carbons (Fsp3) is 0.562. The van der Waals surface area contributed by atoms with E-state index in [0.717, 1.165) is 17.5 Å². The third kappa shape index (κ3) is 5.95. The van der Waals surface area contributed by atoms with E-state index < -0.39 is 0 Å². The van der Waals surface area contributed by atoms with Gasteiger partial charge >= 0.3 is 0 Å². The summed E-state index contributed by atoms with van der Waals surface area (Å²) in [7, 11) is 0. The van der Waals surface area contributed by atoms with Crippen molar-refractivity contribution in [2.24, 2.45) is 5.41 Å². The summed E-state index contributed by atoms with van der Waals surface area (Å²) in [4.78, 5) is 12.1. The zero-order valence-electron chi connectivity index (χ0n) is 12.7. The number of hydrogen-bond acceptors (Lipinski definition) is 2. The van der Waals surface area contributed by atoms with E-state index in [2.05, 4.69) is 35.1 Å². The molecule has 0 saturated heterocycles. The number of carbonyl (C=O) groups is 1. The van der Waals surface area contributed by atoms with Crippen molar-refractivity contribution in [3.63, 3.8) is 0 Å². The molecule has 1 amide bonds. The number of halogens is 1. The summed E-state index contributed by atoms with van der Waals surface area (Å²) < 4.78 is 5.56. The van der Waals surface area contributed by atoms with Crippen LogP contribution in [0.2, 0.25) is 0 Å². The zero-order valence-corrected chi connectivity index (χ0v) is 14.3. The van der Waals surface area contributed by atoms with Gasteiger partial charge in [-0.15, -0.1) is 0 Å². The van der Waals surface area contributed by atoms with E-state index in [9.17, 15) is 4.79 Å². The van der Waals surface area contributed by atoms with Gasteiger partial charge in [-0.1, -0.05) is 29.8 Å². The molecule has 0 heterocycles. The highest BCUT2D eigenvalue weighted by Crippen LogP contribution is 2.20. The van der Waals surface area contributed by atoms with E-state index in [1.807, 2.05) is 26.0 Å². The lowest BCUT2D eigenvalue weighted by Gasteiger charge is -2.23. The van der Waals surface area contributed by atoms with Gasteiger partial charge in [-0.2, -0.15) is 0 Å². The third-order valence-corrected chi connectivity index (χ3v) is 3.38. The van der Waals surface area contributed by atoms with Gasteiger partial charge in [0.1, 0.15) is 5.75 Å². The van der Waals surface area contributed by atoms with Crippen molar-refractivity contribution in [2.75, 3.05) is 11.9 Å². The van der Waals surface area contributed by atoms with Crippen LogP contribution in [0.25, 0.3) is 0 Å². The second kappa shape index (κ2) is 7.67. The topological polar surface area (TPSA) is 38.3 Å². The molecule has 0 aromatic heterocycles. The first-order valence-corrected chi connectivity index (χ1v) is 8.07. The van der Waals surface area contributed by atoms with E-state index in [4.69, 9.17) is 4.74 Å². The Kier molecular flexibility index (Phi) is 6.53. The Morgan fingerprint density at radius 2 is 1.90 bits per heavy atom. The number of amides is 1. The lowest BCUT2D eigenvalue weighted by molar-refractivity contribution is 0.0936. The maximum Gasteiger partial charge on any atom is 0.251 e. The van der Waals surface area contributed by atoms with Gasteiger partial charge in [0.25, 0.3) is 5.91 Å². The zero-order chi connectivity index (χ0) is 15.2. The minimum Gasteiger partial charge on any atom is -0.491 e. The molecule has 0 atom stereocenters. The number of carbonyl (C=O) groups excluding carboxylic acids is 1.